The zero-order chi connectivity index (χ0) is 26.1. The molecular weight excluding hydrogens is 549 g/mol. The number of Topliss-reactive ketones (excluding diaryl/α,β-unsaturated/α-hetero) is 1. The predicted molar refractivity (Wildman–Crippen MR) is 133 cm³/mol. The molecule has 186 valence electrons. The summed E-state index contributed by atoms with van der Waals surface area (Å²) in [4.78, 5) is 44.1. The summed E-state index contributed by atoms with van der Waals surface area (Å²) in [5, 5.41) is 0. The van der Waals surface area contributed by atoms with Crippen molar-refractivity contribution in [1.82, 2.24) is 4.90 Å². The van der Waals surface area contributed by atoms with Gasteiger partial charge in [-0.1, -0.05) is 58.4 Å². The van der Waals surface area contributed by atoms with Gasteiger partial charge in [-0.3, -0.25) is 14.4 Å². The van der Waals surface area contributed by atoms with Crippen molar-refractivity contribution < 1.29 is 27.6 Å². The van der Waals surface area contributed by atoms with Crippen molar-refractivity contribution in [2.45, 2.75) is 18.3 Å². The molecule has 0 N–H and O–H groups in total. The Morgan fingerprint density at radius 1 is 0.865 bits per heavy atom. The monoisotopic (exact) mass is 566 g/mol. The van der Waals surface area contributed by atoms with Gasteiger partial charge in [0.25, 0.3) is 0 Å². The Morgan fingerprint density at radius 2 is 1.57 bits per heavy atom. The molecule has 0 spiro atoms. The number of fused-ring (bicyclic) bond motifs is 5. The number of anilines is 1. The first-order chi connectivity index (χ1) is 17.7. The average Bonchev–Trinajstić information content (AvgIpc) is 3.36. The van der Waals surface area contributed by atoms with Crippen LogP contribution in [-0.4, -0.2) is 28.5 Å². The molecule has 3 aromatic rings. The minimum atomic E-state index is -4.64. The highest BCUT2D eigenvalue weighted by Gasteiger charge is 2.64. The van der Waals surface area contributed by atoms with Crippen molar-refractivity contribution in [2.24, 2.45) is 11.8 Å². The Bertz CT molecular complexity index is 1480. The van der Waals surface area contributed by atoms with E-state index >= 15 is 0 Å². The molecule has 0 saturated carbocycles. The van der Waals surface area contributed by atoms with E-state index in [1.807, 2.05) is 30.3 Å². The molecule has 3 aromatic carbocycles. The number of nitrogens with zero attached hydrogens (tertiary/aromatic N) is 2. The number of amides is 2. The van der Waals surface area contributed by atoms with Gasteiger partial charge >= 0.3 is 6.18 Å². The lowest BCUT2D eigenvalue weighted by molar-refractivity contribution is -0.137. The van der Waals surface area contributed by atoms with Crippen LogP contribution in [0.25, 0.3) is 6.08 Å². The number of carbonyl (C=O) groups excluding carboxylic acids is 3. The van der Waals surface area contributed by atoms with Crippen LogP contribution in [0.1, 0.15) is 33.1 Å². The Labute approximate surface area is 218 Å². The van der Waals surface area contributed by atoms with Crippen LogP contribution in [-0.2, 0) is 15.8 Å². The summed E-state index contributed by atoms with van der Waals surface area (Å²) in [5.74, 6) is -3.61. The molecule has 5 nitrogen and oxygen atoms in total. The zero-order valence-electron chi connectivity index (χ0n) is 19.0. The predicted octanol–water partition coefficient (Wildman–Crippen LogP) is 5.87. The molecule has 0 bridgehead atoms. The lowest BCUT2D eigenvalue weighted by Gasteiger charge is -2.35. The normalized spacial score (nSPS) is 24.2. The largest absolute Gasteiger partial charge is 0.416 e. The molecule has 9 heteroatoms. The molecule has 0 unspecified atom stereocenters. The highest BCUT2D eigenvalue weighted by molar-refractivity contribution is 9.10. The number of alkyl halides is 3. The standard InChI is InChI=1S/C28H18BrF3N2O3/c29-18-10-8-16(9-11-18)25(35)24-22-21(23-20-7-2-1-4-15(20)12-13-33(23)24)26(36)34(27(22)37)19-6-3-5-17(14-19)28(30,31)32/h1-14,21-24H/t21-,22-,23+,24+/m1/s1. The number of halogens is 4. The van der Waals surface area contributed by atoms with Crippen LogP contribution in [0, 0.1) is 11.8 Å². The van der Waals surface area contributed by atoms with Gasteiger partial charge in [-0.15, -0.1) is 0 Å². The fourth-order valence-electron chi connectivity index (χ4n) is 5.72. The van der Waals surface area contributed by atoms with Gasteiger partial charge in [-0.25, -0.2) is 4.90 Å². The fourth-order valence-corrected chi connectivity index (χ4v) is 5.98. The Morgan fingerprint density at radius 3 is 2.30 bits per heavy atom. The number of benzene rings is 3. The Balaban J connectivity index is 1.48. The lowest BCUT2D eigenvalue weighted by Crippen LogP contribution is -2.44. The SMILES string of the molecule is O=C(c1ccc(Br)cc1)[C@@H]1[C@@H]2C(=O)N(c3cccc(C(F)(F)F)c3)C(=O)[C@H]2[C@@H]2c3ccccc3C=CN12. The van der Waals surface area contributed by atoms with E-state index in [2.05, 4.69) is 15.9 Å². The first-order valence-electron chi connectivity index (χ1n) is 11.6. The summed E-state index contributed by atoms with van der Waals surface area (Å²) in [6.07, 6.45) is -1.06. The molecule has 2 amide bonds. The van der Waals surface area contributed by atoms with Crippen LogP contribution in [0.2, 0.25) is 0 Å². The van der Waals surface area contributed by atoms with Gasteiger partial charge in [0.05, 0.1) is 29.1 Å². The van der Waals surface area contributed by atoms with E-state index in [0.29, 0.717) is 5.56 Å². The van der Waals surface area contributed by atoms with Crippen molar-refractivity contribution in [1.29, 1.82) is 0 Å². The summed E-state index contributed by atoms with van der Waals surface area (Å²) < 4.78 is 41.0. The van der Waals surface area contributed by atoms with Crippen molar-refractivity contribution in [3.8, 4) is 0 Å². The van der Waals surface area contributed by atoms with E-state index in [4.69, 9.17) is 0 Å². The maximum atomic E-state index is 13.8. The number of hydrogen-bond acceptors (Lipinski definition) is 4. The van der Waals surface area contributed by atoms with Crippen LogP contribution < -0.4 is 4.90 Å². The second kappa shape index (κ2) is 8.41. The van der Waals surface area contributed by atoms with Crippen LogP contribution >= 0.6 is 15.9 Å². The van der Waals surface area contributed by atoms with Gasteiger partial charge in [0.15, 0.2) is 5.78 Å². The summed E-state index contributed by atoms with van der Waals surface area (Å²) in [7, 11) is 0. The number of carbonyl (C=O) groups is 3. The van der Waals surface area contributed by atoms with Gasteiger partial charge in [-0.05, 0) is 47.5 Å². The summed E-state index contributed by atoms with van der Waals surface area (Å²) in [6, 6.07) is 16.7. The average molecular weight is 567 g/mol. The van der Waals surface area contributed by atoms with Crippen molar-refractivity contribution in [2.75, 3.05) is 4.90 Å². The van der Waals surface area contributed by atoms with E-state index in [0.717, 1.165) is 32.6 Å². The van der Waals surface area contributed by atoms with E-state index in [-0.39, 0.29) is 11.5 Å². The minimum absolute atomic E-state index is 0.153. The Hall–Kier alpha value is -3.72. The molecule has 3 aliphatic heterocycles. The van der Waals surface area contributed by atoms with E-state index in [1.165, 1.54) is 12.1 Å². The Kier molecular flexibility index (Phi) is 5.38. The van der Waals surface area contributed by atoms with Crippen LogP contribution in [0.5, 0.6) is 0 Å². The number of imide groups is 1. The highest BCUT2D eigenvalue weighted by Crippen LogP contribution is 2.53. The van der Waals surface area contributed by atoms with Gasteiger partial charge < -0.3 is 4.90 Å². The van der Waals surface area contributed by atoms with Gasteiger partial charge in [0.2, 0.25) is 11.8 Å². The van der Waals surface area contributed by atoms with Crippen molar-refractivity contribution in [3.05, 3.63) is 106 Å². The molecule has 6 rings (SSSR count). The molecule has 2 fully saturated rings. The number of hydrogen-bond donors (Lipinski definition) is 0. The smallest absolute Gasteiger partial charge is 0.358 e. The summed E-state index contributed by atoms with van der Waals surface area (Å²) in [6.45, 7) is 0. The summed E-state index contributed by atoms with van der Waals surface area (Å²) >= 11 is 3.35. The zero-order valence-corrected chi connectivity index (χ0v) is 20.6. The van der Waals surface area contributed by atoms with E-state index < -0.39 is 47.5 Å². The van der Waals surface area contributed by atoms with Crippen molar-refractivity contribution >= 4 is 45.3 Å². The number of ketones is 1. The van der Waals surface area contributed by atoms with Gasteiger partial charge in [0.1, 0.15) is 6.04 Å². The third-order valence-corrected chi connectivity index (χ3v) is 7.82. The maximum Gasteiger partial charge on any atom is 0.416 e. The molecule has 2 saturated heterocycles. The maximum absolute atomic E-state index is 13.8. The molecule has 3 aliphatic rings. The molecule has 0 aliphatic carbocycles. The van der Waals surface area contributed by atoms with Crippen LogP contribution in [0.3, 0.4) is 0 Å². The quantitative estimate of drug-likeness (QED) is 0.294. The molecule has 3 heterocycles. The van der Waals surface area contributed by atoms with E-state index in [9.17, 15) is 27.6 Å². The van der Waals surface area contributed by atoms with Gasteiger partial charge in [-0.2, -0.15) is 13.2 Å². The van der Waals surface area contributed by atoms with Crippen LogP contribution in [0.15, 0.2) is 83.5 Å². The first-order valence-corrected chi connectivity index (χ1v) is 12.4. The minimum Gasteiger partial charge on any atom is -0.358 e. The molecular formula is C28H18BrF3N2O3. The molecule has 0 radical (unpaired) electrons. The lowest BCUT2D eigenvalue weighted by atomic mass is 9.83. The molecule has 0 aromatic heterocycles. The second-order valence-corrected chi connectivity index (χ2v) is 10.2. The number of rotatable bonds is 3. The fraction of sp³-hybridized carbons (Fsp3) is 0.179. The second-order valence-electron chi connectivity index (χ2n) is 9.26. The van der Waals surface area contributed by atoms with Crippen molar-refractivity contribution in [3.63, 3.8) is 0 Å². The van der Waals surface area contributed by atoms with Gasteiger partial charge in [0, 0.05) is 16.2 Å². The molecule has 37 heavy (non-hydrogen) atoms. The third-order valence-electron chi connectivity index (χ3n) is 7.29. The van der Waals surface area contributed by atoms with E-state index in [1.54, 1.807) is 35.4 Å². The molecule has 4 atom stereocenters. The highest BCUT2D eigenvalue weighted by atomic mass is 79.9. The third kappa shape index (κ3) is 3.63. The first kappa shape index (κ1) is 23.7. The van der Waals surface area contributed by atoms with Crippen LogP contribution in [0.4, 0.5) is 18.9 Å². The topological polar surface area (TPSA) is 57.7 Å². The summed E-state index contributed by atoms with van der Waals surface area (Å²) in [5.41, 5.74) is 0.908.